The number of hydrogen-bond donors (Lipinski definition) is 2. The summed E-state index contributed by atoms with van der Waals surface area (Å²) < 4.78 is 0. The van der Waals surface area contributed by atoms with Crippen molar-refractivity contribution in [1.29, 1.82) is 0 Å². The standard InChI is InChI=1S/C13H27NO/c1-4-11-5-6-12(8-11)14-9-13(15)7-10(2)3/h10-15H,4-9H2,1-3H3. The van der Waals surface area contributed by atoms with E-state index in [2.05, 4.69) is 26.1 Å². The van der Waals surface area contributed by atoms with Gasteiger partial charge in [0.2, 0.25) is 0 Å². The van der Waals surface area contributed by atoms with E-state index >= 15 is 0 Å². The van der Waals surface area contributed by atoms with E-state index in [1.54, 1.807) is 0 Å². The minimum absolute atomic E-state index is 0.161. The number of aliphatic hydroxyl groups is 1. The molecule has 0 radical (unpaired) electrons. The van der Waals surface area contributed by atoms with E-state index in [1.165, 1.54) is 25.7 Å². The first-order valence-corrected chi connectivity index (χ1v) is 6.53. The maximum absolute atomic E-state index is 9.74. The fraction of sp³-hybridized carbons (Fsp3) is 1.00. The van der Waals surface area contributed by atoms with Gasteiger partial charge in [0.15, 0.2) is 0 Å². The van der Waals surface area contributed by atoms with Crippen molar-refractivity contribution in [1.82, 2.24) is 5.32 Å². The van der Waals surface area contributed by atoms with Crippen LogP contribution in [-0.4, -0.2) is 23.8 Å². The largest absolute Gasteiger partial charge is 0.392 e. The zero-order chi connectivity index (χ0) is 11.3. The molecule has 0 spiro atoms. The molecule has 0 aromatic rings. The van der Waals surface area contributed by atoms with Gasteiger partial charge < -0.3 is 10.4 Å². The van der Waals surface area contributed by atoms with Gasteiger partial charge in [-0.2, -0.15) is 0 Å². The molecule has 2 heteroatoms. The summed E-state index contributed by atoms with van der Waals surface area (Å²) >= 11 is 0. The van der Waals surface area contributed by atoms with Crippen molar-refractivity contribution in [2.24, 2.45) is 11.8 Å². The minimum Gasteiger partial charge on any atom is -0.392 e. The van der Waals surface area contributed by atoms with Crippen molar-refractivity contribution in [3.63, 3.8) is 0 Å². The lowest BCUT2D eigenvalue weighted by molar-refractivity contribution is 0.142. The molecule has 1 rings (SSSR count). The van der Waals surface area contributed by atoms with Gasteiger partial charge in [0.1, 0.15) is 0 Å². The Hall–Kier alpha value is -0.0800. The van der Waals surface area contributed by atoms with E-state index in [4.69, 9.17) is 0 Å². The molecule has 2 N–H and O–H groups in total. The third kappa shape index (κ3) is 4.98. The van der Waals surface area contributed by atoms with Crippen LogP contribution in [0, 0.1) is 11.8 Å². The Bertz CT molecular complexity index is 170. The van der Waals surface area contributed by atoms with E-state index in [0.717, 1.165) is 18.9 Å². The predicted octanol–water partition coefficient (Wildman–Crippen LogP) is 2.56. The lowest BCUT2D eigenvalue weighted by Gasteiger charge is -2.17. The van der Waals surface area contributed by atoms with Gasteiger partial charge in [-0.1, -0.05) is 27.2 Å². The van der Waals surface area contributed by atoms with Gasteiger partial charge in [0.25, 0.3) is 0 Å². The van der Waals surface area contributed by atoms with Crippen LogP contribution in [0.1, 0.15) is 52.9 Å². The Morgan fingerprint density at radius 3 is 2.60 bits per heavy atom. The number of hydrogen-bond acceptors (Lipinski definition) is 2. The predicted molar refractivity (Wildman–Crippen MR) is 64.9 cm³/mol. The summed E-state index contributed by atoms with van der Waals surface area (Å²) in [5, 5.41) is 13.2. The molecule has 1 fully saturated rings. The van der Waals surface area contributed by atoms with Crippen molar-refractivity contribution < 1.29 is 5.11 Å². The van der Waals surface area contributed by atoms with Crippen molar-refractivity contribution in [2.75, 3.05) is 6.54 Å². The van der Waals surface area contributed by atoms with Crippen LogP contribution in [0.5, 0.6) is 0 Å². The van der Waals surface area contributed by atoms with Gasteiger partial charge in [0.05, 0.1) is 6.10 Å². The summed E-state index contributed by atoms with van der Waals surface area (Å²) in [6.45, 7) is 7.37. The van der Waals surface area contributed by atoms with Crippen molar-refractivity contribution in [3.8, 4) is 0 Å². The van der Waals surface area contributed by atoms with Crippen molar-refractivity contribution in [3.05, 3.63) is 0 Å². The van der Waals surface area contributed by atoms with Gasteiger partial charge in [0, 0.05) is 12.6 Å². The first-order chi connectivity index (χ1) is 7.11. The monoisotopic (exact) mass is 213 g/mol. The number of nitrogens with one attached hydrogen (secondary N) is 1. The highest BCUT2D eigenvalue weighted by atomic mass is 16.3. The van der Waals surface area contributed by atoms with E-state index in [1.807, 2.05) is 0 Å². The zero-order valence-electron chi connectivity index (χ0n) is 10.5. The number of aliphatic hydroxyl groups excluding tert-OH is 1. The molecule has 0 saturated heterocycles. The van der Waals surface area contributed by atoms with Crippen LogP contribution in [0.3, 0.4) is 0 Å². The van der Waals surface area contributed by atoms with Gasteiger partial charge in [-0.15, -0.1) is 0 Å². The molecule has 0 bridgehead atoms. The molecule has 1 aliphatic rings. The summed E-state index contributed by atoms with van der Waals surface area (Å²) in [7, 11) is 0. The minimum atomic E-state index is -0.161. The maximum atomic E-state index is 9.74. The SMILES string of the molecule is CCC1CCC(NCC(O)CC(C)C)C1. The van der Waals surface area contributed by atoms with Crippen LogP contribution in [-0.2, 0) is 0 Å². The molecule has 0 aliphatic heterocycles. The average molecular weight is 213 g/mol. The lowest BCUT2D eigenvalue weighted by atomic mass is 10.0. The Balaban J connectivity index is 2.10. The molecule has 1 saturated carbocycles. The summed E-state index contributed by atoms with van der Waals surface area (Å²) in [5.74, 6) is 1.51. The average Bonchev–Trinajstić information content (AvgIpc) is 2.61. The van der Waals surface area contributed by atoms with Gasteiger partial charge in [-0.05, 0) is 37.5 Å². The molecular formula is C13H27NO. The lowest BCUT2D eigenvalue weighted by Crippen LogP contribution is -2.34. The zero-order valence-corrected chi connectivity index (χ0v) is 10.5. The molecule has 0 aromatic heterocycles. The van der Waals surface area contributed by atoms with Crippen LogP contribution in [0.2, 0.25) is 0 Å². The topological polar surface area (TPSA) is 32.3 Å². The van der Waals surface area contributed by atoms with Gasteiger partial charge in [-0.25, -0.2) is 0 Å². The normalized spacial score (nSPS) is 28.6. The second-order valence-corrected chi connectivity index (χ2v) is 5.48. The first kappa shape index (κ1) is 13.0. The van der Waals surface area contributed by atoms with Crippen molar-refractivity contribution >= 4 is 0 Å². The molecule has 0 aromatic carbocycles. The molecule has 15 heavy (non-hydrogen) atoms. The Morgan fingerprint density at radius 2 is 2.07 bits per heavy atom. The third-order valence-electron chi connectivity index (χ3n) is 3.50. The van der Waals surface area contributed by atoms with Crippen LogP contribution in [0.15, 0.2) is 0 Å². The highest BCUT2D eigenvalue weighted by molar-refractivity contribution is 4.80. The molecule has 3 atom stereocenters. The summed E-state index contributed by atoms with van der Waals surface area (Å²) in [6, 6.07) is 0.664. The smallest absolute Gasteiger partial charge is 0.0667 e. The summed E-state index contributed by atoms with van der Waals surface area (Å²) in [4.78, 5) is 0. The molecular weight excluding hydrogens is 186 g/mol. The fourth-order valence-corrected chi connectivity index (χ4v) is 2.56. The van der Waals surface area contributed by atoms with E-state index in [-0.39, 0.29) is 6.10 Å². The Kier molecular flexibility index (Phi) is 5.62. The molecule has 0 heterocycles. The highest BCUT2D eigenvalue weighted by Crippen LogP contribution is 2.27. The van der Waals surface area contributed by atoms with Crippen molar-refractivity contribution in [2.45, 2.75) is 65.0 Å². The molecule has 3 unspecified atom stereocenters. The van der Waals surface area contributed by atoms with Crippen LogP contribution in [0.25, 0.3) is 0 Å². The van der Waals surface area contributed by atoms with Crippen LogP contribution in [0.4, 0.5) is 0 Å². The highest BCUT2D eigenvalue weighted by Gasteiger charge is 2.23. The second-order valence-electron chi connectivity index (χ2n) is 5.48. The first-order valence-electron chi connectivity index (χ1n) is 6.53. The molecule has 1 aliphatic carbocycles. The molecule has 90 valence electrons. The quantitative estimate of drug-likeness (QED) is 0.711. The maximum Gasteiger partial charge on any atom is 0.0667 e. The molecule has 2 nitrogen and oxygen atoms in total. The van der Waals surface area contributed by atoms with E-state index in [0.29, 0.717) is 12.0 Å². The van der Waals surface area contributed by atoms with E-state index in [9.17, 15) is 5.11 Å². The Morgan fingerprint density at radius 1 is 1.33 bits per heavy atom. The second kappa shape index (κ2) is 6.49. The van der Waals surface area contributed by atoms with Crippen LogP contribution >= 0.6 is 0 Å². The summed E-state index contributed by atoms with van der Waals surface area (Å²) in [5.41, 5.74) is 0. The fourth-order valence-electron chi connectivity index (χ4n) is 2.56. The van der Waals surface area contributed by atoms with E-state index < -0.39 is 0 Å². The number of rotatable bonds is 6. The molecule has 0 amide bonds. The van der Waals surface area contributed by atoms with Gasteiger partial charge >= 0.3 is 0 Å². The Labute approximate surface area is 94.5 Å². The van der Waals surface area contributed by atoms with Gasteiger partial charge in [-0.3, -0.25) is 0 Å². The summed E-state index contributed by atoms with van der Waals surface area (Å²) in [6.07, 6.45) is 6.04. The van der Waals surface area contributed by atoms with Crippen LogP contribution < -0.4 is 5.32 Å². The third-order valence-corrected chi connectivity index (χ3v) is 3.50.